The maximum absolute atomic E-state index is 12.8. The predicted octanol–water partition coefficient (Wildman–Crippen LogP) is 4.04. The number of carbonyl (C=O) groups is 1. The maximum Gasteiger partial charge on any atom is 0.416 e. The van der Waals surface area contributed by atoms with E-state index < -0.39 is 17.8 Å². The van der Waals surface area contributed by atoms with Crippen LogP contribution >= 0.6 is 0 Å². The monoisotopic (exact) mass is 388 g/mol. The molecule has 146 valence electrons. The lowest BCUT2D eigenvalue weighted by molar-refractivity contribution is -0.137. The fourth-order valence-electron chi connectivity index (χ4n) is 3.67. The Labute approximate surface area is 159 Å². The van der Waals surface area contributed by atoms with Crippen molar-refractivity contribution in [1.82, 2.24) is 15.5 Å². The fourth-order valence-corrected chi connectivity index (χ4v) is 3.67. The molecule has 8 heteroatoms. The van der Waals surface area contributed by atoms with Gasteiger partial charge in [0, 0.05) is 23.7 Å². The van der Waals surface area contributed by atoms with E-state index in [4.69, 9.17) is 0 Å². The van der Waals surface area contributed by atoms with Gasteiger partial charge < -0.3 is 4.90 Å². The lowest BCUT2D eigenvalue weighted by atomic mass is 10.0. The highest BCUT2D eigenvalue weighted by Gasteiger charge is 2.35. The van der Waals surface area contributed by atoms with E-state index >= 15 is 0 Å². The molecule has 2 unspecified atom stereocenters. The molecule has 3 aromatic rings. The number of benzene rings is 2. The van der Waals surface area contributed by atoms with Gasteiger partial charge in [0.15, 0.2) is 0 Å². The number of fused-ring (bicyclic) bond motifs is 1. The third-order valence-corrected chi connectivity index (χ3v) is 5.14. The molecule has 2 atom stereocenters. The number of anilines is 1. The third kappa shape index (κ3) is 3.35. The number of rotatable bonds is 4. The van der Waals surface area contributed by atoms with Gasteiger partial charge in [0.1, 0.15) is 0 Å². The third-order valence-electron chi connectivity index (χ3n) is 5.14. The highest BCUT2D eigenvalue weighted by atomic mass is 19.4. The number of para-hydroxylation sites is 1. The quantitative estimate of drug-likeness (QED) is 0.709. The molecule has 1 aromatic heterocycles. The molecular weight excluding hydrogens is 369 g/mol. The second-order valence-electron chi connectivity index (χ2n) is 6.95. The summed E-state index contributed by atoms with van der Waals surface area (Å²) in [5.41, 5.74) is 1.69. The number of amides is 1. The van der Waals surface area contributed by atoms with Crippen molar-refractivity contribution in [2.75, 3.05) is 11.4 Å². The molecule has 1 aliphatic heterocycles. The number of aromatic nitrogens is 2. The largest absolute Gasteiger partial charge is 0.416 e. The second kappa shape index (κ2) is 6.94. The van der Waals surface area contributed by atoms with Crippen molar-refractivity contribution in [2.24, 2.45) is 0 Å². The van der Waals surface area contributed by atoms with Gasteiger partial charge in [0.25, 0.3) is 0 Å². The fraction of sp³-hybridized carbons (Fsp3) is 0.300. The average Bonchev–Trinajstić information content (AvgIpc) is 3.28. The SMILES string of the molecule is CC(NC1CCN(c2ccc(C(F)(F)F)cc2)C1=O)c1cccc2cn[nH]c12. The van der Waals surface area contributed by atoms with Crippen molar-refractivity contribution in [3.8, 4) is 0 Å². The zero-order valence-electron chi connectivity index (χ0n) is 15.1. The summed E-state index contributed by atoms with van der Waals surface area (Å²) >= 11 is 0. The van der Waals surface area contributed by atoms with E-state index in [1.54, 1.807) is 6.20 Å². The van der Waals surface area contributed by atoms with Gasteiger partial charge in [-0.1, -0.05) is 18.2 Å². The molecule has 4 rings (SSSR count). The number of carbonyl (C=O) groups excluding carboxylic acids is 1. The van der Waals surface area contributed by atoms with Crippen LogP contribution in [0.5, 0.6) is 0 Å². The van der Waals surface area contributed by atoms with Crippen LogP contribution in [-0.2, 0) is 11.0 Å². The summed E-state index contributed by atoms with van der Waals surface area (Å²) in [6.07, 6.45) is -2.05. The van der Waals surface area contributed by atoms with Crippen LogP contribution in [-0.4, -0.2) is 28.7 Å². The first kappa shape index (κ1) is 18.5. The number of halogens is 3. The Morgan fingerprint density at radius 3 is 2.68 bits per heavy atom. The lowest BCUT2D eigenvalue weighted by Gasteiger charge is -2.21. The van der Waals surface area contributed by atoms with Crippen LogP contribution in [0.2, 0.25) is 0 Å². The van der Waals surface area contributed by atoms with Crippen molar-refractivity contribution in [2.45, 2.75) is 31.6 Å². The average molecular weight is 388 g/mol. The van der Waals surface area contributed by atoms with Crippen LogP contribution in [0.3, 0.4) is 0 Å². The van der Waals surface area contributed by atoms with E-state index in [1.807, 2.05) is 25.1 Å². The number of aromatic amines is 1. The first-order valence-corrected chi connectivity index (χ1v) is 9.01. The first-order valence-electron chi connectivity index (χ1n) is 9.01. The summed E-state index contributed by atoms with van der Waals surface area (Å²) in [6.45, 7) is 2.44. The zero-order chi connectivity index (χ0) is 19.9. The van der Waals surface area contributed by atoms with E-state index in [0.29, 0.717) is 18.7 Å². The molecule has 1 fully saturated rings. The van der Waals surface area contributed by atoms with Gasteiger partial charge in [-0.25, -0.2) is 0 Å². The van der Waals surface area contributed by atoms with Crippen LogP contribution in [0.1, 0.15) is 30.5 Å². The molecule has 1 saturated heterocycles. The number of alkyl halides is 3. The van der Waals surface area contributed by atoms with Crippen molar-refractivity contribution < 1.29 is 18.0 Å². The molecule has 0 bridgehead atoms. The molecular formula is C20H19F3N4O. The van der Waals surface area contributed by atoms with E-state index in [9.17, 15) is 18.0 Å². The highest BCUT2D eigenvalue weighted by Crippen LogP contribution is 2.32. The van der Waals surface area contributed by atoms with E-state index in [-0.39, 0.29) is 11.9 Å². The minimum absolute atomic E-state index is 0.0920. The molecule has 0 saturated carbocycles. The minimum Gasteiger partial charge on any atom is -0.311 e. The first-order chi connectivity index (χ1) is 13.3. The van der Waals surface area contributed by atoms with Crippen molar-refractivity contribution in [3.63, 3.8) is 0 Å². The van der Waals surface area contributed by atoms with E-state index in [2.05, 4.69) is 15.5 Å². The van der Waals surface area contributed by atoms with E-state index in [1.165, 1.54) is 17.0 Å². The number of nitrogens with zero attached hydrogens (tertiary/aromatic N) is 2. The van der Waals surface area contributed by atoms with Crippen LogP contribution in [0.15, 0.2) is 48.7 Å². The molecule has 0 spiro atoms. The van der Waals surface area contributed by atoms with Gasteiger partial charge in [0.2, 0.25) is 5.91 Å². The Morgan fingerprint density at radius 2 is 1.96 bits per heavy atom. The molecule has 2 aromatic carbocycles. The normalized spacial score (nSPS) is 18.8. The summed E-state index contributed by atoms with van der Waals surface area (Å²) in [5, 5.41) is 11.4. The predicted molar refractivity (Wildman–Crippen MR) is 99.8 cm³/mol. The molecule has 2 N–H and O–H groups in total. The second-order valence-corrected chi connectivity index (χ2v) is 6.95. The number of hydrogen-bond acceptors (Lipinski definition) is 3. The Bertz CT molecular complexity index is 997. The summed E-state index contributed by atoms with van der Waals surface area (Å²) in [6, 6.07) is 10.1. The molecule has 5 nitrogen and oxygen atoms in total. The summed E-state index contributed by atoms with van der Waals surface area (Å²) in [4.78, 5) is 14.3. The highest BCUT2D eigenvalue weighted by molar-refractivity contribution is 5.99. The Morgan fingerprint density at radius 1 is 1.21 bits per heavy atom. The van der Waals surface area contributed by atoms with Crippen LogP contribution in [0.25, 0.3) is 10.9 Å². The molecule has 28 heavy (non-hydrogen) atoms. The Balaban J connectivity index is 1.48. The lowest BCUT2D eigenvalue weighted by Crippen LogP contribution is -2.39. The van der Waals surface area contributed by atoms with Gasteiger partial charge in [-0.3, -0.25) is 15.2 Å². The maximum atomic E-state index is 12.8. The zero-order valence-corrected chi connectivity index (χ0v) is 15.1. The topological polar surface area (TPSA) is 61.0 Å². The van der Waals surface area contributed by atoms with Crippen LogP contribution in [0.4, 0.5) is 18.9 Å². The minimum atomic E-state index is -4.39. The van der Waals surface area contributed by atoms with Gasteiger partial charge >= 0.3 is 6.18 Å². The van der Waals surface area contributed by atoms with Gasteiger partial charge in [-0.15, -0.1) is 0 Å². The summed E-state index contributed by atoms with van der Waals surface area (Å²) in [5.74, 6) is -0.136. The van der Waals surface area contributed by atoms with Gasteiger partial charge in [0.05, 0.1) is 23.3 Å². The van der Waals surface area contributed by atoms with Gasteiger partial charge in [-0.2, -0.15) is 18.3 Å². The Hall–Kier alpha value is -2.87. The molecule has 1 amide bonds. The smallest absolute Gasteiger partial charge is 0.311 e. The molecule has 2 heterocycles. The Kier molecular flexibility index (Phi) is 4.58. The standard InChI is InChI=1S/C20H19F3N4O/c1-12(16-4-2-3-13-11-24-26-18(13)16)25-17-9-10-27(19(17)28)15-7-5-14(6-8-15)20(21,22)23/h2-8,11-12,17,25H,9-10H2,1H3,(H,24,26). The van der Waals surface area contributed by atoms with Crippen LogP contribution in [0, 0.1) is 0 Å². The van der Waals surface area contributed by atoms with E-state index in [0.717, 1.165) is 28.6 Å². The number of nitrogens with one attached hydrogen (secondary N) is 2. The summed E-state index contributed by atoms with van der Waals surface area (Å²) < 4.78 is 38.2. The van der Waals surface area contributed by atoms with Crippen molar-refractivity contribution in [1.29, 1.82) is 0 Å². The van der Waals surface area contributed by atoms with Crippen molar-refractivity contribution in [3.05, 3.63) is 59.8 Å². The van der Waals surface area contributed by atoms with Gasteiger partial charge in [-0.05, 0) is 43.2 Å². The number of hydrogen-bond donors (Lipinski definition) is 2. The molecule has 1 aliphatic rings. The van der Waals surface area contributed by atoms with Crippen LogP contribution < -0.4 is 10.2 Å². The van der Waals surface area contributed by atoms with Crippen molar-refractivity contribution >= 4 is 22.5 Å². The summed E-state index contributed by atoms with van der Waals surface area (Å²) in [7, 11) is 0. The number of H-pyrrole nitrogens is 1. The molecule has 0 aliphatic carbocycles. The molecule has 0 radical (unpaired) electrons.